The fourth-order valence-electron chi connectivity index (χ4n) is 1.49. The predicted molar refractivity (Wildman–Crippen MR) is 79.4 cm³/mol. The van der Waals surface area contributed by atoms with E-state index in [-0.39, 0.29) is 17.0 Å². The number of sulfonamides is 1. The van der Waals surface area contributed by atoms with Gasteiger partial charge in [-0.2, -0.15) is 0 Å². The van der Waals surface area contributed by atoms with Gasteiger partial charge in [0.05, 0.1) is 14.2 Å². The molecule has 0 aliphatic rings. The second-order valence-electron chi connectivity index (χ2n) is 3.86. The highest BCUT2D eigenvalue weighted by atomic mass is 79.9. The molecule has 0 amide bonds. The average molecular weight is 376 g/mol. The molecule has 0 saturated carbocycles. The zero-order valence-electron chi connectivity index (χ0n) is 10.0. The first kappa shape index (κ1) is 15.2. The summed E-state index contributed by atoms with van der Waals surface area (Å²) in [6.07, 6.45) is 0. The highest BCUT2D eigenvalue weighted by Gasteiger charge is 2.16. The minimum Gasteiger partial charge on any atom is -0.478 e. The van der Waals surface area contributed by atoms with Crippen LogP contribution in [0.4, 0.5) is 0 Å². The minimum atomic E-state index is -3.73. The lowest BCUT2D eigenvalue weighted by Gasteiger charge is -2.06. The Morgan fingerprint density at radius 1 is 1.30 bits per heavy atom. The number of halogens is 1. The van der Waals surface area contributed by atoms with Crippen LogP contribution >= 0.6 is 27.3 Å². The van der Waals surface area contributed by atoms with E-state index in [1.165, 1.54) is 29.5 Å². The van der Waals surface area contributed by atoms with Crippen molar-refractivity contribution in [3.63, 3.8) is 0 Å². The van der Waals surface area contributed by atoms with Crippen molar-refractivity contribution in [1.82, 2.24) is 4.72 Å². The number of thiophene rings is 1. The molecule has 0 aliphatic heterocycles. The van der Waals surface area contributed by atoms with E-state index >= 15 is 0 Å². The molecule has 1 aromatic heterocycles. The Hall–Kier alpha value is -1.22. The molecular weight excluding hydrogens is 366 g/mol. The first-order valence-corrected chi connectivity index (χ1v) is 8.55. The van der Waals surface area contributed by atoms with Gasteiger partial charge in [0.15, 0.2) is 0 Å². The van der Waals surface area contributed by atoms with Crippen LogP contribution in [-0.4, -0.2) is 19.5 Å². The van der Waals surface area contributed by atoms with Gasteiger partial charge in [-0.25, -0.2) is 17.9 Å². The number of hydrogen-bond acceptors (Lipinski definition) is 4. The van der Waals surface area contributed by atoms with Gasteiger partial charge in [0, 0.05) is 11.4 Å². The molecule has 8 heteroatoms. The summed E-state index contributed by atoms with van der Waals surface area (Å²) in [4.78, 5) is 11.6. The van der Waals surface area contributed by atoms with Gasteiger partial charge in [0.1, 0.15) is 0 Å². The van der Waals surface area contributed by atoms with Gasteiger partial charge in [-0.3, -0.25) is 0 Å². The fraction of sp³-hybridized carbons (Fsp3) is 0.0833. The predicted octanol–water partition coefficient (Wildman–Crippen LogP) is 2.69. The van der Waals surface area contributed by atoms with Crippen molar-refractivity contribution >= 4 is 43.3 Å². The molecule has 0 aliphatic carbocycles. The molecule has 0 fully saturated rings. The maximum absolute atomic E-state index is 12.1. The molecule has 106 valence electrons. The van der Waals surface area contributed by atoms with Gasteiger partial charge in [-0.05, 0) is 46.3 Å². The van der Waals surface area contributed by atoms with Crippen LogP contribution in [0.15, 0.2) is 45.1 Å². The normalized spacial score (nSPS) is 11.4. The Bertz CT molecular complexity index is 739. The summed E-state index contributed by atoms with van der Waals surface area (Å²) in [6.45, 7) is 0.163. The van der Waals surface area contributed by atoms with E-state index in [0.29, 0.717) is 0 Å². The van der Waals surface area contributed by atoms with E-state index < -0.39 is 16.0 Å². The maximum atomic E-state index is 12.1. The number of hydrogen-bond donors (Lipinski definition) is 2. The van der Waals surface area contributed by atoms with E-state index in [0.717, 1.165) is 14.7 Å². The third-order valence-corrected chi connectivity index (χ3v) is 5.48. The lowest BCUT2D eigenvalue weighted by molar-refractivity contribution is 0.0696. The fourth-order valence-corrected chi connectivity index (χ4v) is 4.06. The topological polar surface area (TPSA) is 83.5 Å². The van der Waals surface area contributed by atoms with Gasteiger partial charge in [0.25, 0.3) is 0 Å². The second-order valence-corrected chi connectivity index (χ2v) is 8.18. The Morgan fingerprint density at radius 3 is 2.65 bits per heavy atom. The molecule has 20 heavy (non-hydrogen) atoms. The van der Waals surface area contributed by atoms with Crippen LogP contribution < -0.4 is 4.72 Å². The number of aromatic carboxylic acids is 1. The number of benzene rings is 1. The zero-order chi connectivity index (χ0) is 14.8. The molecule has 0 radical (unpaired) electrons. The number of carboxylic acid groups (broad SMARTS) is 1. The van der Waals surface area contributed by atoms with Gasteiger partial charge in [-0.15, -0.1) is 11.3 Å². The van der Waals surface area contributed by atoms with Crippen LogP contribution in [0.2, 0.25) is 0 Å². The second kappa shape index (κ2) is 6.04. The van der Waals surface area contributed by atoms with Crippen LogP contribution in [0.1, 0.15) is 15.2 Å². The van der Waals surface area contributed by atoms with E-state index in [4.69, 9.17) is 5.11 Å². The largest absolute Gasteiger partial charge is 0.478 e. The molecule has 5 nitrogen and oxygen atoms in total. The lowest BCUT2D eigenvalue weighted by atomic mass is 10.2. The molecule has 0 atom stereocenters. The van der Waals surface area contributed by atoms with Crippen molar-refractivity contribution in [3.05, 3.63) is 50.6 Å². The summed E-state index contributed by atoms with van der Waals surface area (Å²) in [6, 6.07) is 8.88. The van der Waals surface area contributed by atoms with Crippen LogP contribution in [0.25, 0.3) is 0 Å². The van der Waals surface area contributed by atoms with Crippen LogP contribution in [0.5, 0.6) is 0 Å². The summed E-state index contributed by atoms with van der Waals surface area (Å²) < 4.78 is 27.5. The summed E-state index contributed by atoms with van der Waals surface area (Å²) in [5.74, 6) is -1.16. The summed E-state index contributed by atoms with van der Waals surface area (Å²) in [5, 5.41) is 8.87. The van der Waals surface area contributed by atoms with Gasteiger partial charge in [0.2, 0.25) is 10.0 Å². The van der Waals surface area contributed by atoms with Gasteiger partial charge >= 0.3 is 5.97 Å². The molecule has 2 rings (SSSR count). The number of carboxylic acids is 1. The molecule has 0 unspecified atom stereocenters. The van der Waals surface area contributed by atoms with E-state index in [1.54, 1.807) is 0 Å². The third-order valence-electron chi connectivity index (χ3n) is 2.46. The molecular formula is C12H10BrNO4S2. The first-order valence-electron chi connectivity index (χ1n) is 5.46. The van der Waals surface area contributed by atoms with Gasteiger partial charge in [-0.1, -0.05) is 6.07 Å². The zero-order valence-corrected chi connectivity index (χ0v) is 13.3. The quantitative estimate of drug-likeness (QED) is 0.841. The Morgan fingerprint density at radius 2 is 2.05 bits per heavy atom. The lowest BCUT2D eigenvalue weighted by Crippen LogP contribution is -2.23. The highest BCUT2D eigenvalue weighted by molar-refractivity contribution is 9.11. The highest BCUT2D eigenvalue weighted by Crippen LogP contribution is 2.22. The maximum Gasteiger partial charge on any atom is 0.335 e. The van der Waals surface area contributed by atoms with Crippen molar-refractivity contribution in [1.29, 1.82) is 0 Å². The molecule has 2 N–H and O–H groups in total. The standard InChI is InChI=1S/C12H10BrNO4S2/c13-11-5-4-9(19-11)7-14-20(17,18)10-3-1-2-8(6-10)12(15)16/h1-6,14H,7H2,(H,15,16). The average Bonchev–Trinajstić information content (AvgIpc) is 2.82. The smallest absolute Gasteiger partial charge is 0.335 e. The van der Waals surface area contributed by atoms with Gasteiger partial charge < -0.3 is 5.11 Å². The summed E-state index contributed by atoms with van der Waals surface area (Å²) in [5.41, 5.74) is -0.0632. The van der Waals surface area contributed by atoms with Crippen molar-refractivity contribution in [2.75, 3.05) is 0 Å². The van der Waals surface area contributed by atoms with Crippen molar-refractivity contribution < 1.29 is 18.3 Å². The molecule has 0 spiro atoms. The summed E-state index contributed by atoms with van der Waals surface area (Å²) in [7, 11) is -3.73. The van der Waals surface area contributed by atoms with Crippen molar-refractivity contribution in [2.24, 2.45) is 0 Å². The molecule has 2 aromatic rings. The monoisotopic (exact) mass is 375 g/mol. The number of nitrogens with one attached hydrogen (secondary N) is 1. The van der Waals surface area contributed by atoms with E-state index in [1.807, 2.05) is 12.1 Å². The minimum absolute atomic E-state index is 0.0620. The first-order chi connectivity index (χ1) is 9.38. The number of carbonyl (C=O) groups is 1. The number of rotatable bonds is 5. The van der Waals surface area contributed by atoms with Crippen LogP contribution in [0.3, 0.4) is 0 Å². The molecule has 1 heterocycles. The van der Waals surface area contributed by atoms with Crippen LogP contribution in [-0.2, 0) is 16.6 Å². The molecule has 0 bridgehead atoms. The molecule has 1 aromatic carbocycles. The molecule has 0 saturated heterocycles. The Balaban J connectivity index is 2.17. The Labute approximate surface area is 128 Å². The summed E-state index contributed by atoms with van der Waals surface area (Å²) >= 11 is 4.73. The van der Waals surface area contributed by atoms with Crippen LogP contribution in [0, 0.1) is 0 Å². The SMILES string of the molecule is O=C(O)c1cccc(S(=O)(=O)NCc2ccc(Br)s2)c1. The Kier molecular flexibility index (Phi) is 4.59. The van der Waals surface area contributed by atoms with E-state index in [9.17, 15) is 13.2 Å². The van der Waals surface area contributed by atoms with E-state index in [2.05, 4.69) is 20.7 Å². The van der Waals surface area contributed by atoms with Crippen molar-refractivity contribution in [3.8, 4) is 0 Å². The van der Waals surface area contributed by atoms with Crippen molar-refractivity contribution in [2.45, 2.75) is 11.4 Å². The third kappa shape index (κ3) is 3.66.